The molecule has 5 aliphatic heterocycles. The minimum atomic E-state index is -4.87. The van der Waals surface area contributed by atoms with E-state index in [1.807, 2.05) is 13.8 Å². The Balaban J connectivity index is 0.831. The molecule has 18 heteroatoms. The largest absolute Gasteiger partial charge is 0.397 e. The zero-order chi connectivity index (χ0) is 55.3. The summed E-state index contributed by atoms with van der Waals surface area (Å²) in [6.07, 6.45) is 6.43. The van der Waals surface area contributed by atoms with Crippen LogP contribution in [0.1, 0.15) is 172 Å². The summed E-state index contributed by atoms with van der Waals surface area (Å²) < 4.78 is 102. The molecule has 4 bridgehead atoms. The molecule has 0 aromatic carbocycles. The maximum atomic E-state index is 12.6. The second-order valence-electron chi connectivity index (χ2n) is 29.2. The maximum Gasteiger partial charge on any atom is 0.397 e. The second-order valence-corrected chi connectivity index (χ2v) is 31.3. The van der Waals surface area contributed by atoms with Gasteiger partial charge in [0.15, 0.2) is 11.6 Å². The Morgan fingerprint density at radius 2 is 1.16 bits per heavy atom. The third-order valence-electron chi connectivity index (χ3n) is 24.9. The number of aliphatic hydroxyl groups is 5. The Kier molecular flexibility index (Phi) is 13.3. The Morgan fingerprint density at radius 3 is 1.59 bits per heavy atom. The Morgan fingerprint density at radius 1 is 0.711 bits per heavy atom. The van der Waals surface area contributed by atoms with Gasteiger partial charge >= 0.3 is 20.8 Å². The number of hydrogen-bond donors (Lipinski definition) is 7. The molecule has 0 aromatic heterocycles. The van der Waals surface area contributed by atoms with Crippen molar-refractivity contribution < 1.29 is 74.1 Å². The molecule has 8 aliphatic carbocycles. The van der Waals surface area contributed by atoms with Crippen LogP contribution in [0, 0.1) is 85.8 Å². The van der Waals surface area contributed by atoms with E-state index in [1.165, 1.54) is 16.7 Å². The lowest BCUT2D eigenvalue weighted by molar-refractivity contribution is -0.408. The monoisotopic (exact) mass is 1110 g/mol. The van der Waals surface area contributed by atoms with Gasteiger partial charge in [-0.2, -0.15) is 16.8 Å². The van der Waals surface area contributed by atoms with Gasteiger partial charge in [-0.05, 0) is 174 Å². The molecule has 4 saturated carbocycles. The van der Waals surface area contributed by atoms with Crippen molar-refractivity contribution in [2.45, 2.75) is 226 Å². The summed E-state index contributed by atoms with van der Waals surface area (Å²) in [6, 6.07) is 0. The summed E-state index contributed by atoms with van der Waals surface area (Å²) in [5.74, 6) is -3.69. The Labute approximate surface area is 452 Å². The van der Waals surface area contributed by atoms with Gasteiger partial charge in [-0.3, -0.25) is 9.11 Å². The van der Waals surface area contributed by atoms with Gasteiger partial charge in [0.1, 0.15) is 12.2 Å². The third-order valence-corrected chi connectivity index (χ3v) is 25.8. The molecule has 13 aliphatic rings. The zero-order valence-corrected chi connectivity index (χ0v) is 48.3. The van der Waals surface area contributed by atoms with Crippen molar-refractivity contribution in [2.75, 3.05) is 13.2 Å². The summed E-state index contributed by atoms with van der Waals surface area (Å²) in [4.78, 5) is 0. The summed E-state index contributed by atoms with van der Waals surface area (Å²) in [7, 11) is -9.72. The van der Waals surface area contributed by atoms with Crippen molar-refractivity contribution in [3.05, 3.63) is 34.4 Å². The van der Waals surface area contributed by atoms with E-state index in [4.69, 9.17) is 22.6 Å². The molecule has 4 unspecified atom stereocenters. The molecule has 430 valence electrons. The van der Waals surface area contributed by atoms with E-state index in [9.17, 15) is 51.5 Å². The van der Waals surface area contributed by atoms with Gasteiger partial charge in [0.2, 0.25) is 0 Å². The molecule has 5 heterocycles. The SMILES string of the molecule is C=C1C[C@@H](C(C)(C)O)C[C@H]([C@@H](C)[C@H]2CCC3C4=C(CC[C@@]32C)[C@@]23CO[C@@](O)([C@@H](O)C2)C(C)(C)C3[C@@H](OS(=O)(=O)O)C4)O[C@H]1CC[C@@H](C)[C@H]1CCC2C3=C(CC[C@@]21C)[C@@]12CO[C@@](O)([C@@H](O)C1)C(C)(C)C2[C@@H](OS(=O)(=O)O)C3. The fourth-order valence-electron chi connectivity index (χ4n) is 21.4. The summed E-state index contributed by atoms with van der Waals surface area (Å²) in [5, 5.41) is 58.2. The van der Waals surface area contributed by atoms with Gasteiger partial charge in [-0.15, -0.1) is 0 Å². The number of rotatable bonds is 11. The minimum Gasteiger partial charge on any atom is -0.390 e. The van der Waals surface area contributed by atoms with Gasteiger partial charge in [0, 0.05) is 33.5 Å². The zero-order valence-electron chi connectivity index (χ0n) is 46.7. The highest BCUT2D eigenvalue weighted by Gasteiger charge is 2.76. The summed E-state index contributed by atoms with van der Waals surface area (Å²) in [6.45, 7) is 25.4. The van der Waals surface area contributed by atoms with Crippen LogP contribution in [0.2, 0.25) is 0 Å². The van der Waals surface area contributed by atoms with Crippen LogP contribution < -0.4 is 0 Å². The lowest BCUT2D eigenvalue weighted by Crippen LogP contribution is -2.76. The Hall–Kier alpha value is -1.36. The predicted octanol–water partition coefficient (Wildman–Crippen LogP) is 8.18. The number of ether oxygens (including phenoxy) is 3. The van der Waals surface area contributed by atoms with Gasteiger partial charge in [0.25, 0.3) is 0 Å². The van der Waals surface area contributed by atoms with Crippen LogP contribution in [0.5, 0.6) is 0 Å². The molecule has 21 atom stereocenters. The highest BCUT2D eigenvalue weighted by molar-refractivity contribution is 7.81. The molecule has 0 radical (unpaired) electrons. The Bertz CT molecular complexity index is 2680. The van der Waals surface area contributed by atoms with Crippen molar-refractivity contribution in [2.24, 2.45) is 85.8 Å². The van der Waals surface area contributed by atoms with Crippen LogP contribution >= 0.6 is 0 Å². The fraction of sp³-hybridized carbons (Fsp3) is 0.897. The van der Waals surface area contributed by atoms with Crippen LogP contribution in [-0.2, 0) is 43.4 Å². The molecule has 5 saturated heterocycles. The van der Waals surface area contributed by atoms with Gasteiger partial charge in [-0.25, -0.2) is 8.37 Å². The quantitative estimate of drug-likeness (QED) is 0.0760. The molecule has 0 aromatic rings. The normalized spacial score (nSPS) is 49.3. The van der Waals surface area contributed by atoms with E-state index in [-0.39, 0.29) is 78.7 Å². The van der Waals surface area contributed by atoms with Crippen LogP contribution in [0.15, 0.2) is 34.4 Å². The molecule has 9 fully saturated rings. The lowest BCUT2D eigenvalue weighted by atomic mass is 9.42. The average molecular weight is 1110 g/mol. The molecule has 7 N–H and O–H groups in total. The average Bonchev–Trinajstić information content (AvgIpc) is 3.83. The maximum absolute atomic E-state index is 12.6. The van der Waals surface area contributed by atoms with E-state index in [2.05, 4.69) is 34.3 Å². The summed E-state index contributed by atoms with van der Waals surface area (Å²) >= 11 is 0. The van der Waals surface area contributed by atoms with Crippen LogP contribution in [-0.4, -0.2) is 118 Å². The van der Waals surface area contributed by atoms with Crippen LogP contribution in [0.3, 0.4) is 0 Å². The molecular weight excluding hydrogens is 1020 g/mol. The molecule has 76 heavy (non-hydrogen) atoms. The number of fused-ring (bicyclic) bond motifs is 8. The highest BCUT2D eigenvalue weighted by atomic mass is 32.3. The predicted molar refractivity (Wildman–Crippen MR) is 280 cm³/mol. The van der Waals surface area contributed by atoms with E-state index in [0.29, 0.717) is 37.5 Å². The van der Waals surface area contributed by atoms with Gasteiger partial charge < -0.3 is 39.7 Å². The van der Waals surface area contributed by atoms with E-state index in [1.54, 1.807) is 27.7 Å². The fourth-order valence-corrected chi connectivity index (χ4v) is 22.4. The molecule has 0 amide bonds. The second kappa shape index (κ2) is 17.8. The minimum absolute atomic E-state index is 0.0825. The number of hydrogen-bond acceptors (Lipinski definition) is 14. The van der Waals surface area contributed by atoms with Crippen molar-refractivity contribution in [1.82, 2.24) is 0 Å². The first-order valence-electron chi connectivity index (χ1n) is 28.9. The van der Waals surface area contributed by atoms with Crippen molar-refractivity contribution in [1.29, 1.82) is 0 Å². The first kappa shape index (κ1) is 56.5. The first-order chi connectivity index (χ1) is 35.0. The number of aliphatic hydroxyl groups excluding tert-OH is 2. The van der Waals surface area contributed by atoms with E-state index < -0.39 is 95.9 Å². The standard InChI is InChI=1S/C58H90O16S2/c1-30(36-13-15-38-34-24-44(73-75(64,65)66)48-50(4,5)57(62)46(59)26-55(48,28-70-57)40(34)18-20-53(36,38)10)12-17-42-31(2)22-33(52(8,9)61)23-43(72-42)32(3)37-14-16-39-35-25-45(74-76(67,68)69)49-51(6,7)58(63)47(60)27-56(49,29-71-58)41(35)19-21-54(37,39)11/h30,32-33,36-39,42-49,59-63H,2,12-29H2,1,3-11H3,(H,64,65,66)(H,67,68,69)/t30-,32+,33-,36-,37-,38?,39?,42+,43-,44+,45+,46+,47+,48?,49?,53-,54-,55+,56+,57+,58+/m1/s1. The van der Waals surface area contributed by atoms with Crippen molar-refractivity contribution in [3.8, 4) is 0 Å². The smallest absolute Gasteiger partial charge is 0.390 e. The molecule has 2 spiro atoms. The van der Waals surface area contributed by atoms with Crippen molar-refractivity contribution >= 4 is 20.8 Å². The molecular formula is C58H90O16S2. The van der Waals surface area contributed by atoms with Crippen LogP contribution in [0.4, 0.5) is 0 Å². The van der Waals surface area contributed by atoms with Gasteiger partial charge in [0.05, 0.1) is 43.2 Å². The topological polar surface area (TPSA) is 256 Å². The van der Waals surface area contributed by atoms with Crippen molar-refractivity contribution in [3.63, 3.8) is 0 Å². The lowest BCUT2D eigenvalue weighted by Gasteiger charge is -2.69. The molecule has 13 rings (SSSR count). The molecule has 16 nitrogen and oxygen atoms in total. The van der Waals surface area contributed by atoms with E-state index >= 15 is 0 Å². The van der Waals surface area contributed by atoms with E-state index in [0.717, 1.165) is 75.4 Å². The highest BCUT2D eigenvalue weighted by Crippen LogP contribution is 2.74. The van der Waals surface area contributed by atoms with Gasteiger partial charge in [-0.1, -0.05) is 84.3 Å². The third kappa shape index (κ3) is 8.02. The first-order valence-corrected chi connectivity index (χ1v) is 31.6. The summed E-state index contributed by atoms with van der Waals surface area (Å²) in [5.41, 5.74) is 0.763. The van der Waals surface area contributed by atoms with Crippen LogP contribution in [0.25, 0.3) is 0 Å².